The van der Waals surface area contributed by atoms with Crippen LogP contribution in [0.15, 0.2) is 42.6 Å². The number of hydrogen-bond acceptors (Lipinski definition) is 4. The average Bonchev–Trinajstić information content (AvgIpc) is 2.52. The number of rotatable bonds is 6. The van der Waals surface area contributed by atoms with Crippen LogP contribution in [0.4, 0.5) is 0 Å². The minimum absolute atomic E-state index is 0.585. The Labute approximate surface area is 119 Å². The first kappa shape index (κ1) is 14.3. The lowest BCUT2D eigenvalue weighted by Gasteiger charge is -2.15. The predicted octanol–water partition coefficient (Wildman–Crippen LogP) is 2.77. The van der Waals surface area contributed by atoms with Crippen molar-refractivity contribution in [2.24, 2.45) is 0 Å². The number of aryl methyl sites for hydroxylation is 1. The van der Waals surface area contributed by atoms with Crippen LogP contribution in [0.3, 0.4) is 0 Å². The Kier molecular flexibility index (Phi) is 4.96. The van der Waals surface area contributed by atoms with Gasteiger partial charge < -0.3 is 14.6 Å². The maximum absolute atomic E-state index is 10.3. The van der Waals surface area contributed by atoms with Crippen LogP contribution in [0.25, 0.3) is 0 Å². The minimum atomic E-state index is -0.585. The molecular formula is C16H19NO3. The number of pyridine rings is 1. The third-order valence-corrected chi connectivity index (χ3v) is 3.20. The molecule has 0 spiro atoms. The Balaban J connectivity index is 2.07. The van der Waals surface area contributed by atoms with Crippen molar-refractivity contribution in [3.05, 3.63) is 53.9 Å². The third-order valence-electron chi connectivity index (χ3n) is 3.20. The first-order chi connectivity index (χ1) is 9.74. The topological polar surface area (TPSA) is 51.6 Å². The van der Waals surface area contributed by atoms with Crippen LogP contribution in [0, 0.1) is 0 Å². The van der Waals surface area contributed by atoms with Gasteiger partial charge in [-0.1, -0.05) is 6.07 Å². The summed E-state index contributed by atoms with van der Waals surface area (Å²) in [6, 6.07) is 11.2. The molecule has 1 N–H and O–H groups in total. The van der Waals surface area contributed by atoms with E-state index >= 15 is 0 Å². The van der Waals surface area contributed by atoms with E-state index in [0.717, 1.165) is 17.7 Å². The van der Waals surface area contributed by atoms with Crippen LogP contribution in [0.1, 0.15) is 23.8 Å². The van der Waals surface area contributed by atoms with E-state index in [1.165, 1.54) is 0 Å². The lowest BCUT2D eigenvalue weighted by atomic mass is 10.0. The van der Waals surface area contributed by atoms with Crippen molar-refractivity contribution in [1.82, 2.24) is 4.98 Å². The van der Waals surface area contributed by atoms with Gasteiger partial charge in [0.25, 0.3) is 0 Å². The second-order valence-corrected chi connectivity index (χ2v) is 4.48. The van der Waals surface area contributed by atoms with Crippen LogP contribution >= 0.6 is 0 Å². The fraction of sp³-hybridized carbons (Fsp3) is 0.312. The molecule has 1 heterocycles. The van der Waals surface area contributed by atoms with Crippen LogP contribution < -0.4 is 9.47 Å². The second-order valence-electron chi connectivity index (χ2n) is 4.48. The van der Waals surface area contributed by atoms with Crippen LogP contribution in [0.2, 0.25) is 0 Å². The number of aliphatic hydroxyl groups excluding tert-OH is 1. The standard InChI is InChI=1S/C16H19NO3/c1-19-13-7-8-14(16(11-13)20-2)15(18)9-6-12-5-3-4-10-17-12/h3-5,7-8,10-11,15,18H,6,9H2,1-2H3. The van der Waals surface area contributed by atoms with E-state index in [9.17, 15) is 5.11 Å². The molecule has 0 saturated heterocycles. The molecule has 0 aliphatic carbocycles. The Hall–Kier alpha value is -2.07. The smallest absolute Gasteiger partial charge is 0.128 e. The molecule has 0 saturated carbocycles. The summed E-state index contributed by atoms with van der Waals surface area (Å²) in [5.74, 6) is 1.35. The van der Waals surface area contributed by atoms with Gasteiger partial charge >= 0.3 is 0 Å². The zero-order valence-corrected chi connectivity index (χ0v) is 11.7. The number of nitrogens with zero attached hydrogens (tertiary/aromatic N) is 1. The summed E-state index contributed by atoms with van der Waals surface area (Å²) in [5.41, 5.74) is 1.74. The van der Waals surface area contributed by atoms with Gasteiger partial charge in [0, 0.05) is 23.5 Å². The third kappa shape index (κ3) is 3.48. The van der Waals surface area contributed by atoms with Gasteiger partial charge in [-0.05, 0) is 37.1 Å². The van der Waals surface area contributed by atoms with Crippen molar-refractivity contribution in [2.75, 3.05) is 14.2 Å². The van der Waals surface area contributed by atoms with Crippen molar-refractivity contribution in [3.8, 4) is 11.5 Å². The van der Waals surface area contributed by atoms with Gasteiger partial charge in [0.1, 0.15) is 11.5 Å². The Morgan fingerprint density at radius 1 is 1.15 bits per heavy atom. The molecule has 0 aliphatic heterocycles. The molecule has 1 aromatic carbocycles. The molecule has 0 fully saturated rings. The molecular weight excluding hydrogens is 254 g/mol. The molecule has 0 aliphatic rings. The highest BCUT2D eigenvalue weighted by molar-refractivity contribution is 5.42. The largest absolute Gasteiger partial charge is 0.497 e. The summed E-state index contributed by atoms with van der Waals surface area (Å²) in [7, 11) is 3.19. The summed E-state index contributed by atoms with van der Waals surface area (Å²) < 4.78 is 10.5. The Morgan fingerprint density at radius 2 is 2.00 bits per heavy atom. The number of hydrogen-bond donors (Lipinski definition) is 1. The van der Waals surface area contributed by atoms with E-state index in [0.29, 0.717) is 17.9 Å². The van der Waals surface area contributed by atoms with Gasteiger partial charge in [-0.2, -0.15) is 0 Å². The van der Waals surface area contributed by atoms with Gasteiger partial charge in [0.05, 0.1) is 20.3 Å². The van der Waals surface area contributed by atoms with Crippen LogP contribution in [-0.2, 0) is 6.42 Å². The lowest BCUT2D eigenvalue weighted by Crippen LogP contribution is -2.03. The fourth-order valence-corrected chi connectivity index (χ4v) is 2.08. The molecule has 1 unspecified atom stereocenters. The van der Waals surface area contributed by atoms with Crippen LogP contribution in [-0.4, -0.2) is 24.3 Å². The van der Waals surface area contributed by atoms with Crippen molar-refractivity contribution in [2.45, 2.75) is 18.9 Å². The highest BCUT2D eigenvalue weighted by Crippen LogP contribution is 2.31. The number of aliphatic hydroxyl groups is 1. The van der Waals surface area contributed by atoms with E-state index in [4.69, 9.17) is 9.47 Å². The molecule has 2 rings (SSSR count). The first-order valence-corrected chi connectivity index (χ1v) is 6.54. The maximum atomic E-state index is 10.3. The van der Waals surface area contributed by atoms with Crippen LogP contribution in [0.5, 0.6) is 11.5 Å². The van der Waals surface area contributed by atoms with Gasteiger partial charge in [-0.25, -0.2) is 0 Å². The highest BCUT2D eigenvalue weighted by atomic mass is 16.5. The molecule has 106 valence electrons. The number of ether oxygens (including phenoxy) is 2. The number of aromatic nitrogens is 1. The lowest BCUT2D eigenvalue weighted by molar-refractivity contribution is 0.163. The Bertz CT molecular complexity index is 543. The fourth-order valence-electron chi connectivity index (χ4n) is 2.08. The van der Waals surface area contributed by atoms with Gasteiger partial charge in [0.15, 0.2) is 0 Å². The quantitative estimate of drug-likeness (QED) is 0.879. The molecule has 1 atom stereocenters. The second kappa shape index (κ2) is 6.91. The van der Waals surface area contributed by atoms with Gasteiger partial charge in [0.2, 0.25) is 0 Å². The predicted molar refractivity (Wildman–Crippen MR) is 77.1 cm³/mol. The van der Waals surface area contributed by atoms with E-state index in [1.807, 2.05) is 30.3 Å². The molecule has 0 bridgehead atoms. The molecule has 4 heteroatoms. The molecule has 4 nitrogen and oxygen atoms in total. The molecule has 0 amide bonds. The summed E-state index contributed by atoms with van der Waals surface area (Å²) >= 11 is 0. The first-order valence-electron chi connectivity index (χ1n) is 6.54. The Morgan fingerprint density at radius 3 is 2.65 bits per heavy atom. The maximum Gasteiger partial charge on any atom is 0.128 e. The monoisotopic (exact) mass is 273 g/mol. The van der Waals surface area contributed by atoms with Crippen molar-refractivity contribution in [3.63, 3.8) is 0 Å². The SMILES string of the molecule is COc1ccc(C(O)CCc2ccccn2)c(OC)c1. The molecule has 0 radical (unpaired) electrons. The van der Waals surface area contributed by atoms with E-state index in [2.05, 4.69) is 4.98 Å². The van der Waals surface area contributed by atoms with Gasteiger partial charge in [-0.15, -0.1) is 0 Å². The van der Waals surface area contributed by atoms with Crippen molar-refractivity contribution >= 4 is 0 Å². The van der Waals surface area contributed by atoms with E-state index < -0.39 is 6.10 Å². The summed E-state index contributed by atoms with van der Waals surface area (Å²) in [6.07, 6.45) is 2.49. The summed E-state index contributed by atoms with van der Waals surface area (Å²) in [4.78, 5) is 4.25. The molecule has 1 aromatic heterocycles. The van der Waals surface area contributed by atoms with Crippen molar-refractivity contribution < 1.29 is 14.6 Å². The molecule has 2 aromatic rings. The van der Waals surface area contributed by atoms with E-state index in [-0.39, 0.29) is 0 Å². The number of methoxy groups -OCH3 is 2. The zero-order valence-electron chi connectivity index (χ0n) is 11.7. The zero-order chi connectivity index (χ0) is 14.4. The summed E-state index contributed by atoms with van der Waals surface area (Å²) in [6.45, 7) is 0. The average molecular weight is 273 g/mol. The normalized spacial score (nSPS) is 11.9. The number of benzene rings is 1. The van der Waals surface area contributed by atoms with Crippen molar-refractivity contribution in [1.29, 1.82) is 0 Å². The highest BCUT2D eigenvalue weighted by Gasteiger charge is 2.14. The molecule has 20 heavy (non-hydrogen) atoms. The van der Waals surface area contributed by atoms with Gasteiger partial charge in [-0.3, -0.25) is 4.98 Å². The minimum Gasteiger partial charge on any atom is -0.497 e. The summed E-state index contributed by atoms with van der Waals surface area (Å²) in [5, 5.41) is 10.3. The van der Waals surface area contributed by atoms with E-state index in [1.54, 1.807) is 26.5 Å².